The van der Waals surface area contributed by atoms with Gasteiger partial charge in [0.05, 0.1) is 5.69 Å². The van der Waals surface area contributed by atoms with Crippen LogP contribution in [0.15, 0.2) is 36.9 Å². The van der Waals surface area contributed by atoms with E-state index in [1.165, 1.54) is 0 Å². The zero-order valence-corrected chi connectivity index (χ0v) is 10.4. The van der Waals surface area contributed by atoms with Crippen molar-refractivity contribution < 1.29 is 18.3 Å². The molecule has 0 aromatic heterocycles. The number of ether oxygens (including phenoxy) is 1. The fourth-order valence-electron chi connectivity index (χ4n) is 2.08. The van der Waals surface area contributed by atoms with Crippen molar-refractivity contribution in [2.75, 3.05) is 18.1 Å². The van der Waals surface area contributed by atoms with E-state index in [1.807, 2.05) is 0 Å². The standard InChI is InChI=1S/C14H15F2NO2/c1-2-10-7-14(18)17(8-10)11-5-3-4-6-12(11)19-9-13(15)16/h2-6,10,13H,1,7-9H2. The Kier molecular flexibility index (Phi) is 4.14. The zero-order valence-electron chi connectivity index (χ0n) is 10.4. The van der Waals surface area contributed by atoms with Gasteiger partial charge in [0, 0.05) is 18.9 Å². The lowest BCUT2D eigenvalue weighted by Gasteiger charge is -2.20. The van der Waals surface area contributed by atoms with Crippen molar-refractivity contribution in [2.24, 2.45) is 5.92 Å². The van der Waals surface area contributed by atoms with Crippen molar-refractivity contribution in [3.8, 4) is 5.75 Å². The van der Waals surface area contributed by atoms with Gasteiger partial charge in [0.25, 0.3) is 6.43 Å². The first kappa shape index (κ1) is 13.5. The molecule has 0 aliphatic carbocycles. The molecule has 1 amide bonds. The summed E-state index contributed by atoms with van der Waals surface area (Å²) in [5.74, 6) is 0.356. The number of carbonyl (C=O) groups excluding carboxylic acids is 1. The molecular formula is C14H15F2NO2. The molecule has 3 nitrogen and oxygen atoms in total. The maximum atomic E-state index is 12.2. The van der Waals surface area contributed by atoms with Crippen molar-refractivity contribution in [3.05, 3.63) is 36.9 Å². The number of nitrogens with zero attached hydrogens (tertiary/aromatic N) is 1. The van der Waals surface area contributed by atoms with Crippen molar-refractivity contribution in [1.29, 1.82) is 0 Å². The minimum absolute atomic E-state index is 0.0435. The van der Waals surface area contributed by atoms with Crippen LogP contribution in [0.25, 0.3) is 0 Å². The molecule has 1 aromatic carbocycles. The first-order chi connectivity index (χ1) is 9.11. The highest BCUT2D eigenvalue weighted by molar-refractivity contribution is 5.97. The highest BCUT2D eigenvalue weighted by Crippen LogP contribution is 2.33. The van der Waals surface area contributed by atoms with E-state index in [4.69, 9.17) is 4.74 Å². The van der Waals surface area contributed by atoms with E-state index >= 15 is 0 Å². The topological polar surface area (TPSA) is 29.5 Å². The number of hydrogen-bond acceptors (Lipinski definition) is 2. The van der Waals surface area contributed by atoms with Crippen molar-refractivity contribution in [1.82, 2.24) is 0 Å². The Bertz CT molecular complexity index is 476. The molecule has 2 rings (SSSR count). The van der Waals surface area contributed by atoms with Gasteiger partial charge < -0.3 is 9.64 Å². The predicted octanol–water partition coefficient (Wildman–Crippen LogP) is 2.87. The zero-order chi connectivity index (χ0) is 13.8. The molecule has 0 N–H and O–H groups in total. The summed E-state index contributed by atoms with van der Waals surface area (Å²) in [4.78, 5) is 13.5. The monoisotopic (exact) mass is 267 g/mol. The second-order valence-electron chi connectivity index (χ2n) is 4.37. The van der Waals surface area contributed by atoms with E-state index in [0.29, 0.717) is 24.4 Å². The van der Waals surface area contributed by atoms with Gasteiger partial charge in [-0.3, -0.25) is 4.79 Å². The van der Waals surface area contributed by atoms with E-state index in [-0.39, 0.29) is 11.8 Å². The first-order valence-corrected chi connectivity index (χ1v) is 6.04. The second kappa shape index (κ2) is 5.82. The molecule has 1 aliphatic heterocycles. The summed E-state index contributed by atoms with van der Waals surface area (Å²) in [5, 5.41) is 0. The van der Waals surface area contributed by atoms with E-state index in [2.05, 4.69) is 6.58 Å². The number of carbonyl (C=O) groups is 1. The second-order valence-corrected chi connectivity index (χ2v) is 4.37. The highest BCUT2D eigenvalue weighted by atomic mass is 19.3. The molecule has 0 saturated carbocycles. The molecule has 0 radical (unpaired) electrons. The van der Waals surface area contributed by atoms with Crippen LogP contribution in [0.3, 0.4) is 0 Å². The number of benzene rings is 1. The summed E-state index contributed by atoms with van der Waals surface area (Å²) in [5.41, 5.74) is 0.539. The quantitative estimate of drug-likeness (QED) is 0.768. The lowest BCUT2D eigenvalue weighted by Crippen LogP contribution is -2.25. The molecule has 5 heteroatoms. The third kappa shape index (κ3) is 3.10. The first-order valence-electron chi connectivity index (χ1n) is 6.04. The molecular weight excluding hydrogens is 252 g/mol. The minimum Gasteiger partial charge on any atom is -0.485 e. The number of hydrogen-bond donors (Lipinski definition) is 0. The number of alkyl halides is 2. The Morgan fingerprint density at radius 1 is 1.47 bits per heavy atom. The lowest BCUT2D eigenvalue weighted by molar-refractivity contribution is -0.117. The number of halogens is 2. The average Bonchev–Trinajstić information content (AvgIpc) is 2.78. The van der Waals surface area contributed by atoms with E-state index in [0.717, 1.165) is 0 Å². The molecule has 1 aliphatic rings. The van der Waals surface area contributed by atoms with Gasteiger partial charge in [-0.05, 0) is 12.1 Å². The van der Waals surface area contributed by atoms with E-state index < -0.39 is 13.0 Å². The summed E-state index contributed by atoms with van der Waals surface area (Å²) in [7, 11) is 0. The van der Waals surface area contributed by atoms with Crippen LogP contribution in [-0.2, 0) is 4.79 Å². The van der Waals surface area contributed by atoms with Gasteiger partial charge in [-0.25, -0.2) is 8.78 Å². The lowest BCUT2D eigenvalue weighted by atomic mass is 10.1. The maximum Gasteiger partial charge on any atom is 0.272 e. The summed E-state index contributed by atoms with van der Waals surface area (Å²) in [6, 6.07) is 6.73. The molecule has 102 valence electrons. The molecule has 0 bridgehead atoms. The smallest absolute Gasteiger partial charge is 0.272 e. The number of para-hydroxylation sites is 2. The van der Waals surface area contributed by atoms with Crippen LogP contribution in [-0.4, -0.2) is 25.5 Å². The van der Waals surface area contributed by atoms with Gasteiger partial charge in [0.15, 0.2) is 0 Å². The fourth-order valence-corrected chi connectivity index (χ4v) is 2.08. The Balaban J connectivity index is 2.19. The Morgan fingerprint density at radius 2 is 2.21 bits per heavy atom. The molecule has 1 heterocycles. The van der Waals surface area contributed by atoms with Crippen molar-refractivity contribution in [3.63, 3.8) is 0 Å². The van der Waals surface area contributed by atoms with Crippen LogP contribution in [0.5, 0.6) is 5.75 Å². The maximum absolute atomic E-state index is 12.2. The molecule has 1 atom stereocenters. The van der Waals surface area contributed by atoms with Gasteiger partial charge in [-0.1, -0.05) is 18.2 Å². The Morgan fingerprint density at radius 3 is 2.84 bits per heavy atom. The Labute approximate surface area is 110 Å². The van der Waals surface area contributed by atoms with E-state index in [9.17, 15) is 13.6 Å². The minimum atomic E-state index is -2.54. The van der Waals surface area contributed by atoms with Crippen molar-refractivity contribution >= 4 is 11.6 Å². The van der Waals surface area contributed by atoms with Gasteiger partial charge in [0.2, 0.25) is 5.91 Å². The normalized spacial score (nSPS) is 19.0. The van der Waals surface area contributed by atoms with Crippen LogP contribution < -0.4 is 9.64 Å². The third-order valence-corrected chi connectivity index (χ3v) is 3.01. The third-order valence-electron chi connectivity index (χ3n) is 3.01. The van der Waals surface area contributed by atoms with Crippen LogP contribution in [0, 0.1) is 5.92 Å². The molecule has 1 unspecified atom stereocenters. The Hall–Kier alpha value is -1.91. The number of amides is 1. The number of rotatable bonds is 5. The van der Waals surface area contributed by atoms with Crippen molar-refractivity contribution in [2.45, 2.75) is 12.8 Å². The predicted molar refractivity (Wildman–Crippen MR) is 68.6 cm³/mol. The molecule has 0 spiro atoms. The number of anilines is 1. The molecule has 1 saturated heterocycles. The molecule has 1 aromatic rings. The summed E-state index contributed by atoms with van der Waals surface area (Å²) >= 11 is 0. The molecule has 1 fully saturated rings. The summed E-state index contributed by atoms with van der Waals surface area (Å²) in [6.45, 7) is 3.51. The fraction of sp³-hybridized carbons (Fsp3) is 0.357. The average molecular weight is 267 g/mol. The molecule has 19 heavy (non-hydrogen) atoms. The van der Waals surface area contributed by atoms with Crippen LogP contribution in [0.2, 0.25) is 0 Å². The SMILES string of the molecule is C=CC1CC(=O)N(c2ccccc2OCC(F)F)C1. The van der Waals surface area contributed by atoms with Gasteiger partial charge >= 0.3 is 0 Å². The van der Waals surface area contributed by atoms with Crippen LogP contribution in [0.4, 0.5) is 14.5 Å². The van der Waals surface area contributed by atoms with E-state index in [1.54, 1.807) is 35.2 Å². The highest BCUT2D eigenvalue weighted by Gasteiger charge is 2.30. The summed E-state index contributed by atoms with van der Waals surface area (Å²) < 4.78 is 29.5. The van der Waals surface area contributed by atoms with Gasteiger partial charge in [-0.2, -0.15) is 0 Å². The summed E-state index contributed by atoms with van der Waals surface area (Å²) in [6.07, 6.45) is -0.406. The van der Waals surface area contributed by atoms with Crippen LogP contribution >= 0.6 is 0 Å². The largest absolute Gasteiger partial charge is 0.485 e. The van der Waals surface area contributed by atoms with Gasteiger partial charge in [0.1, 0.15) is 12.4 Å². The van der Waals surface area contributed by atoms with Crippen LogP contribution in [0.1, 0.15) is 6.42 Å². The van der Waals surface area contributed by atoms with Gasteiger partial charge in [-0.15, -0.1) is 6.58 Å².